The standard InChI is InChI=1S/C18H14N6O3/c19-10-17-20-12-23(22-17)11-18(25)24-15(16-4-2-8-27-16)9-13(21-24)5-6-14-3-1-7-26-14/h1-8,12,15H,9,11H2/b6-5-/t15-/m1/s1. The molecule has 0 bridgehead atoms. The van der Waals surface area contributed by atoms with E-state index in [0.717, 1.165) is 5.71 Å². The maximum atomic E-state index is 12.8. The lowest BCUT2D eigenvalue weighted by Crippen LogP contribution is -2.30. The molecule has 0 saturated carbocycles. The Morgan fingerprint density at radius 3 is 2.85 bits per heavy atom. The van der Waals surface area contributed by atoms with Gasteiger partial charge in [0, 0.05) is 6.42 Å². The monoisotopic (exact) mass is 362 g/mol. The first kappa shape index (κ1) is 16.5. The summed E-state index contributed by atoms with van der Waals surface area (Å²) in [5, 5.41) is 18.5. The number of nitriles is 1. The predicted octanol–water partition coefficient (Wildman–Crippen LogP) is 2.38. The Balaban J connectivity index is 1.55. The number of hydrogen-bond acceptors (Lipinski definition) is 7. The van der Waals surface area contributed by atoms with Gasteiger partial charge in [0.1, 0.15) is 36.5 Å². The molecule has 0 aromatic carbocycles. The zero-order valence-electron chi connectivity index (χ0n) is 14.1. The summed E-state index contributed by atoms with van der Waals surface area (Å²) in [5.41, 5.74) is 0.720. The Morgan fingerprint density at radius 2 is 2.15 bits per heavy atom. The van der Waals surface area contributed by atoms with Crippen molar-refractivity contribution in [3.05, 3.63) is 66.5 Å². The van der Waals surface area contributed by atoms with Crippen LogP contribution >= 0.6 is 0 Å². The molecule has 0 unspecified atom stereocenters. The molecule has 9 heteroatoms. The van der Waals surface area contributed by atoms with Crippen LogP contribution in [-0.4, -0.2) is 31.4 Å². The summed E-state index contributed by atoms with van der Waals surface area (Å²) in [6, 6.07) is 8.69. The van der Waals surface area contributed by atoms with Gasteiger partial charge in [-0.3, -0.25) is 4.79 Å². The zero-order chi connectivity index (χ0) is 18.6. The van der Waals surface area contributed by atoms with Crippen molar-refractivity contribution < 1.29 is 13.6 Å². The third-order valence-electron chi connectivity index (χ3n) is 3.98. The molecule has 1 aliphatic heterocycles. The summed E-state index contributed by atoms with van der Waals surface area (Å²) in [5.74, 6) is 1.07. The topological polar surface area (TPSA) is 113 Å². The van der Waals surface area contributed by atoms with Crippen LogP contribution < -0.4 is 0 Å². The Bertz CT molecular complexity index is 1020. The molecule has 9 nitrogen and oxygen atoms in total. The lowest BCUT2D eigenvalue weighted by atomic mass is 10.1. The normalized spacial score (nSPS) is 16.6. The van der Waals surface area contributed by atoms with Crippen LogP contribution in [0.1, 0.15) is 29.8 Å². The van der Waals surface area contributed by atoms with Gasteiger partial charge in [0.05, 0.1) is 18.2 Å². The number of allylic oxidation sites excluding steroid dienone is 1. The maximum absolute atomic E-state index is 12.8. The highest BCUT2D eigenvalue weighted by Crippen LogP contribution is 2.31. The van der Waals surface area contributed by atoms with E-state index < -0.39 is 0 Å². The number of rotatable bonds is 5. The van der Waals surface area contributed by atoms with E-state index in [0.29, 0.717) is 17.9 Å². The average Bonchev–Trinajstić information content (AvgIpc) is 3.47. The summed E-state index contributed by atoms with van der Waals surface area (Å²) in [6.07, 6.45) is 8.61. The molecule has 1 aliphatic rings. The third-order valence-corrected chi connectivity index (χ3v) is 3.98. The Morgan fingerprint density at radius 1 is 1.30 bits per heavy atom. The van der Waals surface area contributed by atoms with Gasteiger partial charge in [0.2, 0.25) is 0 Å². The number of hydrogen-bond donors (Lipinski definition) is 0. The maximum Gasteiger partial charge on any atom is 0.265 e. The van der Waals surface area contributed by atoms with Gasteiger partial charge in [-0.15, -0.1) is 5.10 Å². The third kappa shape index (κ3) is 3.55. The molecule has 1 amide bonds. The quantitative estimate of drug-likeness (QED) is 0.688. The van der Waals surface area contributed by atoms with Gasteiger partial charge in [0.25, 0.3) is 11.7 Å². The fourth-order valence-corrected chi connectivity index (χ4v) is 2.76. The van der Waals surface area contributed by atoms with Gasteiger partial charge < -0.3 is 8.83 Å². The predicted molar refractivity (Wildman–Crippen MR) is 92.8 cm³/mol. The van der Waals surface area contributed by atoms with E-state index in [9.17, 15) is 4.79 Å². The molecule has 0 radical (unpaired) electrons. The van der Waals surface area contributed by atoms with Crippen LogP contribution in [0.3, 0.4) is 0 Å². The van der Waals surface area contributed by atoms with Crippen molar-refractivity contribution in [2.24, 2.45) is 5.10 Å². The molecule has 27 heavy (non-hydrogen) atoms. The first-order valence-corrected chi connectivity index (χ1v) is 8.17. The molecule has 0 fully saturated rings. The van der Waals surface area contributed by atoms with E-state index in [2.05, 4.69) is 15.2 Å². The van der Waals surface area contributed by atoms with E-state index in [1.165, 1.54) is 16.0 Å². The van der Waals surface area contributed by atoms with E-state index in [4.69, 9.17) is 14.1 Å². The van der Waals surface area contributed by atoms with Crippen LogP contribution in [0.25, 0.3) is 6.08 Å². The van der Waals surface area contributed by atoms with E-state index in [1.807, 2.05) is 24.3 Å². The lowest BCUT2D eigenvalue weighted by Gasteiger charge is -2.19. The fraction of sp³-hybridized carbons (Fsp3) is 0.167. The smallest absolute Gasteiger partial charge is 0.265 e. The van der Waals surface area contributed by atoms with Gasteiger partial charge in [-0.1, -0.05) is 0 Å². The molecular weight excluding hydrogens is 348 g/mol. The molecule has 1 atom stereocenters. The molecule has 0 aliphatic carbocycles. The lowest BCUT2D eigenvalue weighted by molar-refractivity contribution is -0.134. The van der Waals surface area contributed by atoms with Gasteiger partial charge in [0.15, 0.2) is 0 Å². The van der Waals surface area contributed by atoms with Crippen LogP contribution in [0, 0.1) is 11.3 Å². The van der Waals surface area contributed by atoms with Crippen molar-refractivity contribution >= 4 is 17.7 Å². The first-order chi connectivity index (χ1) is 13.2. The highest BCUT2D eigenvalue weighted by molar-refractivity contribution is 6.00. The largest absolute Gasteiger partial charge is 0.467 e. The number of carbonyl (C=O) groups excluding carboxylic acids is 1. The summed E-state index contributed by atoms with van der Waals surface area (Å²) < 4.78 is 12.1. The molecule has 3 aromatic rings. The first-order valence-electron chi connectivity index (χ1n) is 8.17. The van der Waals surface area contributed by atoms with E-state index in [1.54, 1.807) is 30.7 Å². The van der Waals surface area contributed by atoms with Crippen LogP contribution in [-0.2, 0) is 11.3 Å². The van der Waals surface area contributed by atoms with Crippen molar-refractivity contribution in [2.45, 2.75) is 19.0 Å². The molecule has 0 N–H and O–H groups in total. The molecule has 0 spiro atoms. The summed E-state index contributed by atoms with van der Waals surface area (Å²) in [7, 11) is 0. The minimum Gasteiger partial charge on any atom is -0.467 e. The SMILES string of the molecule is N#Cc1ncn(CC(=O)N2N=C(/C=C\c3ccco3)C[C@@H]2c2ccco2)n1. The number of aromatic nitrogens is 3. The average molecular weight is 362 g/mol. The van der Waals surface area contributed by atoms with Gasteiger partial charge in [-0.2, -0.15) is 10.4 Å². The highest BCUT2D eigenvalue weighted by atomic mass is 16.3. The summed E-state index contributed by atoms with van der Waals surface area (Å²) in [4.78, 5) is 16.6. The molecule has 3 aromatic heterocycles. The van der Waals surface area contributed by atoms with Gasteiger partial charge >= 0.3 is 0 Å². The second-order valence-electron chi connectivity index (χ2n) is 5.79. The number of furan rings is 2. The van der Waals surface area contributed by atoms with Crippen molar-refractivity contribution in [3.8, 4) is 6.07 Å². The van der Waals surface area contributed by atoms with Crippen molar-refractivity contribution in [2.75, 3.05) is 0 Å². The second kappa shape index (κ2) is 7.13. The highest BCUT2D eigenvalue weighted by Gasteiger charge is 2.33. The molecule has 4 rings (SSSR count). The van der Waals surface area contributed by atoms with Crippen molar-refractivity contribution in [1.29, 1.82) is 5.26 Å². The Labute approximate surface area is 153 Å². The zero-order valence-corrected chi connectivity index (χ0v) is 14.1. The fourth-order valence-electron chi connectivity index (χ4n) is 2.76. The minimum atomic E-state index is -0.345. The number of carbonyl (C=O) groups is 1. The van der Waals surface area contributed by atoms with E-state index >= 15 is 0 Å². The summed E-state index contributed by atoms with van der Waals surface area (Å²) in [6.45, 7) is -0.0788. The number of nitrogens with zero attached hydrogens (tertiary/aromatic N) is 6. The summed E-state index contributed by atoms with van der Waals surface area (Å²) >= 11 is 0. The number of hydrazone groups is 1. The Hall–Kier alpha value is -3.93. The van der Waals surface area contributed by atoms with Crippen molar-refractivity contribution in [3.63, 3.8) is 0 Å². The molecular formula is C18H14N6O3. The van der Waals surface area contributed by atoms with Crippen LogP contribution in [0.5, 0.6) is 0 Å². The molecule has 4 heterocycles. The molecule has 134 valence electrons. The van der Waals surface area contributed by atoms with Gasteiger partial charge in [-0.25, -0.2) is 14.7 Å². The number of amides is 1. The van der Waals surface area contributed by atoms with Crippen molar-refractivity contribution in [1.82, 2.24) is 19.8 Å². The minimum absolute atomic E-state index is 0.0115. The van der Waals surface area contributed by atoms with Gasteiger partial charge in [-0.05, 0) is 36.4 Å². The van der Waals surface area contributed by atoms with Crippen LogP contribution in [0.4, 0.5) is 0 Å². The van der Waals surface area contributed by atoms with Crippen LogP contribution in [0.2, 0.25) is 0 Å². The Kier molecular flexibility index (Phi) is 4.37. The second-order valence-corrected chi connectivity index (χ2v) is 5.79. The van der Waals surface area contributed by atoms with E-state index in [-0.39, 0.29) is 24.3 Å². The molecule has 0 saturated heterocycles. The van der Waals surface area contributed by atoms with Crippen LogP contribution in [0.15, 0.2) is 63.1 Å².